The van der Waals surface area contributed by atoms with Crippen molar-refractivity contribution in [2.24, 2.45) is 16.9 Å². The first-order valence-electron chi connectivity index (χ1n) is 6.09. The lowest BCUT2D eigenvalue weighted by Gasteiger charge is -2.39. The first-order valence-corrected chi connectivity index (χ1v) is 6.47. The van der Waals surface area contributed by atoms with Crippen LogP contribution in [0.3, 0.4) is 0 Å². The minimum Gasteiger partial charge on any atom is -0.366 e. The maximum absolute atomic E-state index is 12.2. The number of benzene rings is 1. The minimum absolute atomic E-state index is 0.148. The molecule has 0 unspecified atom stereocenters. The summed E-state index contributed by atoms with van der Waals surface area (Å²) in [5.41, 5.74) is 11.1. The summed E-state index contributed by atoms with van der Waals surface area (Å²) in [6, 6.07) is 4.53. The fourth-order valence-corrected chi connectivity index (χ4v) is 2.32. The molecule has 1 aromatic rings. The lowest BCUT2D eigenvalue weighted by atomic mass is 9.68. The molecule has 0 aromatic heterocycles. The highest BCUT2D eigenvalue weighted by Crippen LogP contribution is 2.41. The highest BCUT2D eigenvalue weighted by Gasteiger charge is 2.42. The van der Waals surface area contributed by atoms with Gasteiger partial charge in [0, 0.05) is 12.1 Å². The maximum atomic E-state index is 12.2. The summed E-state index contributed by atoms with van der Waals surface area (Å²) < 4.78 is 0. The first-order chi connectivity index (χ1) is 8.98. The van der Waals surface area contributed by atoms with Crippen LogP contribution >= 0.6 is 11.6 Å². The predicted octanol–water partition coefficient (Wildman–Crippen LogP) is 1.51. The molecule has 1 aliphatic rings. The Labute approximate surface area is 116 Å². The predicted molar refractivity (Wildman–Crippen MR) is 73.9 cm³/mol. The molecular weight excluding hydrogens is 266 g/mol. The van der Waals surface area contributed by atoms with Crippen molar-refractivity contribution in [2.45, 2.75) is 19.3 Å². The highest BCUT2D eigenvalue weighted by atomic mass is 35.5. The van der Waals surface area contributed by atoms with Crippen LogP contribution < -0.4 is 16.8 Å². The van der Waals surface area contributed by atoms with E-state index in [1.54, 1.807) is 0 Å². The van der Waals surface area contributed by atoms with E-state index in [0.717, 1.165) is 19.3 Å². The van der Waals surface area contributed by atoms with Gasteiger partial charge in [-0.2, -0.15) is 0 Å². The van der Waals surface area contributed by atoms with Crippen molar-refractivity contribution in [3.63, 3.8) is 0 Å². The normalized spacial score (nSPS) is 16.5. The van der Waals surface area contributed by atoms with Gasteiger partial charge in [-0.1, -0.05) is 18.0 Å². The number of carbonyl (C=O) groups excluding carboxylic acids is 2. The zero-order valence-corrected chi connectivity index (χ0v) is 11.2. The zero-order valence-electron chi connectivity index (χ0n) is 10.4. The van der Waals surface area contributed by atoms with Crippen LogP contribution in [-0.4, -0.2) is 18.4 Å². The van der Waals surface area contributed by atoms with Gasteiger partial charge in [-0.25, -0.2) is 0 Å². The highest BCUT2D eigenvalue weighted by molar-refractivity contribution is 6.34. The van der Waals surface area contributed by atoms with E-state index in [9.17, 15) is 9.59 Å². The minimum atomic E-state index is -0.565. The monoisotopic (exact) mass is 281 g/mol. The van der Waals surface area contributed by atoms with Gasteiger partial charge >= 0.3 is 0 Å². The molecule has 0 radical (unpaired) electrons. The number of anilines is 1. The summed E-state index contributed by atoms with van der Waals surface area (Å²) in [5, 5.41) is 3.11. The third-order valence-corrected chi connectivity index (χ3v) is 4.01. The van der Waals surface area contributed by atoms with E-state index in [1.807, 2.05) is 0 Å². The van der Waals surface area contributed by atoms with Crippen molar-refractivity contribution in [3.8, 4) is 0 Å². The molecule has 6 heteroatoms. The first kappa shape index (κ1) is 13.8. The quantitative estimate of drug-likeness (QED) is 0.780. The van der Waals surface area contributed by atoms with Gasteiger partial charge in [-0.15, -0.1) is 0 Å². The number of nitrogens with two attached hydrogens (primary N) is 2. The summed E-state index contributed by atoms with van der Waals surface area (Å²) in [5.74, 6) is -0.714. The van der Waals surface area contributed by atoms with Crippen LogP contribution in [0.1, 0.15) is 29.6 Å². The van der Waals surface area contributed by atoms with Crippen molar-refractivity contribution in [3.05, 3.63) is 28.8 Å². The Kier molecular flexibility index (Phi) is 3.78. The van der Waals surface area contributed by atoms with E-state index >= 15 is 0 Å². The van der Waals surface area contributed by atoms with Gasteiger partial charge in [0.1, 0.15) is 0 Å². The van der Waals surface area contributed by atoms with E-state index in [-0.39, 0.29) is 5.91 Å². The molecule has 19 heavy (non-hydrogen) atoms. The molecular formula is C13H16ClN3O2. The second kappa shape index (κ2) is 5.19. The van der Waals surface area contributed by atoms with Crippen LogP contribution in [0.15, 0.2) is 18.2 Å². The molecule has 2 rings (SSSR count). The average molecular weight is 282 g/mol. The number of carbonyl (C=O) groups is 2. The van der Waals surface area contributed by atoms with Gasteiger partial charge in [0.25, 0.3) is 0 Å². The summed E-state index contributed by atoms with van der Waals surface area (Å²) in [6.45, 7) is 0.311. The van der Waals surface area contributed by atoms with Gasteiger partial charge < -0.3 is 16.8 Å². The number of nitrogens with one attached hydrogen (secondary N) is 1. The molecule has 0 saturated heterocycles. The Hall–Kier alpha value is -1.59. The molecule has 5 nitrogen and oxygen atoms in total. The molecule has 1 aromatic carbocycles. The Morgan fingerprint density at radius 1 is 1.37 bits per heavy atom. The largest absolute Gasteiger partial charge is 0.366 e. The Bertz CT molecular complexity index is 521. The third-order valence-electron chi connectivity index (χ3n) is 3.68. The molecule has 1 saturated carbocycles. The van der Waals surface area contributed by atoms with Crippen molar-refractivity contribution in [1.82, 2.24) is 0 Å². The van der Waals surface area contributed by atoms with E-state index < -0.39 is 11.3 Å². The summed E-state index contributed by atoms with van der Waals surface area (Å²) in [4.78, 5) is 23.3. The number of halogens is 1. The number of primary amides is 1. The fraction of sp³-hybridized carbons (Fsp3) is 0.385. The van der Waals surface area contributed by atoms with E-state index in [1.165, 1.54) is 18.2 Å². The summed E-state index contributed by atoms with van der Waals surface area (Å²) >= 11 is 6.00. The van der Waals surface area contributed by atoms with Crippen LogP contribution in [0.5, 0.6) is 0 Å². The van der Waals surface area contributed by atoms with E-state index in [0.29, 0.717) is 22.8 Å². The van der Waals surface area contributed by atoms with E-state index in [4.69, 9.17) is 23.1 Å². The summed E-state index contributed by atoms with van der Waals surface area (Å²) in [7, 11) is 0. The van der Waals surface area contributed by atoms with Crippen LogP contribution in [0.4, 0.5) is 5.69 Å². The molecule has 0 spiro atoms. The molecule has 1 fully saturated rings. The fourth-order valence-electron chi connectivity index (χ4n) is 2.16. The second-order valence-corrected chi connectivity index (χ2v) is 5.26. The van der Waals surface area contributed by atoms with Gasteiger partial charge in [0.05, 0.1) is 16.1 Å². The third kappa shape index (κ3) is 2.57. The van der Waals surface area contributed by atoms with Gasteiger partial charge in [-0.3, -0.25) is 9.59 Å². The molecule has 1 aliphatic carbocycles. The average Bonchev–Trinajstić information content (AvgIpc) is 2.31. The molecule has 0 heterocycles. The van der Waals surface area contributed by atoms with Crippen LogP contribution in [-0.2, 0) is 4.79 Å². The number of hydrogen-bond acceptors (Lipinski definition) is 3. The smallest absolute Gasteiger partial charge is 0.248 e. The Morgan fingerprint density at radius 2 is 2.05 bits per heavy atom. The number of rotatable bonds is 4. The van der Waals surface area contributed by atoms with Crippen molar-refractivity contribution in [2.75, 3.05) is 11.9 Å². The van der Waals surface area contributed by atoms with Gasteiger partial charge in [0.15, 0.2) is 0 Å². The molecule has 0 atom stereocenters. The van der Waals surface area contributed by atoms with Gasteiger partial charge in [0.2, 0.25) is 11.8 Å². The molecule has 0 bridgehead atoms. The molecule has 2 amide bonds. The van der Waals surface area contributed by atoms with Crippen LogP contribution in [0, 0.1) is 5.41 Å². The van der Waals surface area contributed by atoms with Crippen LogP contribution in [0.25, 0.3) is 0 Å². The van der Waals surface area contributed by atoms with Crippen molar-refractivity contribution >= 4 is 29.1 Å². The lowest BCUT2D eigenvalue weighted by molar-refractivity contribution is -0.129. The van der Waals surface area contributed by atoms with Crippen LogP contribution in [0.2, 0.25) is 5.02 Å². The Balaban J connectivity index is 2.21. The standard InChI is InChI=1S/C13H16ClN3O2/c14-9-3-2-8(11(16)18)6-10(9)17-12(19)13(7-15)4-1-5-13/h2-3,6H,1,4-5,7,15H2,(H2,16,18)(H,17,19). The topological polar surface area (TPSA) is 98.2 Å². The Morgan fingerprint density at radius 3 is 2.53 bits per heavy atom. The number of amides is 2. The van der Waals surface area contributed by atoms with Crippen molar-refractivity contribution < 1.29 is 9.59 Å². The van der Waals surface area contributed by atoms with Crippen molar-refractivity contribution in [1.29, 1.82) is 0 Å². The second-order valence-electron chi connectivity index (χ2n) is 4.85. The maximum Gasteiger partial charge on any atom is 0.248 e. The zero-order chi connectivity index (χ0) is 14.0. The SMILES string of the molecule is NCC1(C(=O)Nc2cc(C(N)=O)ccc2Cl)CCC1. The molecule has 102 valence electrons. The van der Waals surface area contributed by atoms with E-state index in [2.05, 4.69) is 5.32 Å². The summed E-state index contributed by atoms with van der Waals surface area (Å²) in [6.07, 6.45) is 2.56. The molecule has 0 aliphatic heterocycles. The molecule has 5 N–H and O–H groups in total. The lowest BCUT2D eigenvalue weighted by Crippen LogP contribution is -2.47. The van der Waals surface area contributed by atoms with Gasteiger partial charge in [-0.05, 0) is 31.0 Å². The number of hydrogen-bond donors (Lipinski definition) is 3.